The summed E-state index contributed by atoms with van der Waals surface area (Å²) in [5, 5.41) is 3.65. The highest BCUT2D eigenvalue weighted by Gasteiger charge is 2.34. The zero-order valence-corrected chi connectivity index (χ0v) is 26.4. The van der Waals surface area contributed by atoms with Crippen molar-refractivity contribution in [2.75, 3.05) is 36.4 Å². The molecule has 0 aliphatic carbocycles. The third-order valence-corrected chi connectivity index (χ3v) is 9.30. The molecule has 0 saturated carbocycles. The molecule has 1 aliphatic heterocycles. The van der Waals surface area contributed by atoms with Crippen LogP contribution < -0.4 is 19.1 Å². The van der Waals surface area contributed by atoms with Gasteiger partial charge in [0, 0.05) is 35.6 Å². The molecule has 43 heavy (non-hydrogen) atoms. The fourth-order valence-electron chi connectivity index (χ4n) is 4.66. The van der Waals surface area contributed by atoms with E-state index < -0.39 is 28.5 Å². The van der Waals surface area contributed by atoms with Crippen LogP contribution in [0.5, 0.6) is 11.5 Å². The van der Waals surface area contributed by atoms with Crippen LogP contribution in [-0.4, -0.2) is 63.2 Å². The minimum atomic E-state index is -3.93. The number of carbonyl (C=O) groups is 2. The Morgan fingerprint density at radius 3 is 2.35 bits per heavy atom. The van der Waals surface area contributed by atoms with Crippen molar-refractivity contribution in [3.05, 3.63) is 87.9 Å². The Kier molecular flexibility index (Phi) is 11.2. The summed E-state index contributed by atoms with van der Waals surface area (Å²) < 4.78 is 39.1. The summed E-state index contributed by atoms with van der Waals surface area (Å²) >= 11 is 12.6. The zero-order valence-electron chi connectivity index (χ0n) is 24.1. The first kappa shape index (κ1) is 32.4. The average molecular weight is 649 g/mol. The van der Waals surface area contributed by atoms with E-state index >= 15 is 0 Å². The van der Waals surface area contributed by atoms with E-state index in [-0.39, 0.29) is 30.3 Å². The van der Waals surface area contributed by atoms with E-state index in [2.05, 4.69) is 5.32 Å². The lowest BCUT2D eigenvalue weighted by Crippen LogP contribution is -2.53. The Balaban J connectivity index is 1.76. The van der Waals surface area contributed by atoms with Crippen LogP contribution in [0.1, 0.15) is 31.4 Å². The van der Waals surface area contributed by atoms with Gasteiger partial charge in [-0.2, -0.15) is 0 Å². The van der Waals surface area contributed by atoms with Crippen LogP contribution >= 0.6 is 23.2 Å². The van der Waals surface area contributed by atoms with Gasteiger partial charge in [0.2, 0.25) is 21.8 Å². The Morgan fingerprint density at radius 2 is 1.67 bits per heavy atom. The maximum absolute atomic E-state index is 14.3. The number of nitrogens with one attached hydrogen (secondary N) is 1. The molecule has 9 nitrogen and oxygen atoms in total. The van der Waals surface area contributed by atoms with E-state index in [1.807, 2.05) is 37.3 Å². The molecule has 4 rings (SSSR count). The molecule has 0 radical (unpaired) electrons. The standard InChI is InChI=1S/C31H35Cl2N3O6S/c1-3-14-34-31(38)27(17-22-8-6-5-7-9-22)35(20-23-10-11-24(32)18-26(23)33)30(37)21-36(43(39,40)4-2)25-12-13-28-29(19-25)42-16-15-41-28/h5-13,18-19,27H,3-4,14-17,20-21H2,1-2H3,(H,34,38). The largest absolute Gasteiger partial charge is 0.486 e. The molecule has 0 saturated heterocycles. The van der Waals surface area contributed by atoms with Gasteiger partial charge in [-0.1, -0.05) is 66.5 Å². The van der Waals surface area contributed by atoms with Gasteiger partial charge in [-0.25, -0.2) is 8.42 Å². The predicted octanol–water partition coefficient (Wildman–Crippen LogP) is 5.09. The summed E-state index contributed by atoms with van der Waals surface area (Å²) in [5.41, 5.74) is 1.65. The number of halogens is 2. The third kappa shape index (κ3) is 8.34. The van der Waals surface area contributed by atoms with Crippen LogP contribution in [0.3, 0.4) is 0 Å². The van der Waals surface area contributed by atoms with E-state index in [0.717, 1.165) is 9.87 Å². The van der Waals surface area contributed by atoms with Crippen molar-refractivity contribution < 1.29 is 27.5 Å². The quantitative estimate of drug-likeness (QED) is 0.277. The smallest absolute Gasteiger partial charge is 0.244 e. The molecule has 0 spiro atoms. The average Bonchev–Trinajstić information content (AvgIpc) is 3.01. The molecule has 0 fully saturated rings. The van der Waals surface area contributed by atoms with Crippen molar-refractivity contribution in [3.63, 3.8) is 0 Å². The molecular weight excluding hydrogens is 613 g/mol. The van der Waals surface area contributed by atoms with Crippen molar-refractivity contribution in [2.45, 2.75) is 39.3 Å². The third-order valence-electron chi connectivity index (χ3n) is 6.97. The topological polar surface area (TPSA) is 105 Å². The molecule has 3 aromatic carbocycles. The van der Waals surface area contributed by atoms with Gasteiger partial charge in [0.1, 0.15) is 25.8 Å². The van der Waals surface area contributed by atoms with E-state index in [0.29, 0.717) is 53.3 Å². The summed E-state index contributed by atoms with van der Waals surface area (Å²) in [7, 11) is -3.93. The molecule has 1 unspecified atom stereocenters. The van der Waals surface area contributed by atoms with Gasteiger partial charge in [-0.3, -0.25) is 13.9 Å². The van der Waals surface area contributed by atoms with Crippen LogP contribution in [-0.2, 0) is 32.6 Å². The van der Waals surface area contributed by atoms with Crippen molar-refractivity contribution in [1.29, 1.82) is 0 Å². The van der Waals surface area contributed by atoms with Gasteiger partial charge in [0.05, 0.1) is 11.4 Å². The maximum Gasteiger partial charge on any atom is 0.244 e. The van der Waals surface area contributed by atoms with Crippen molar-refractivity contribution in [3.8, 4) is 11.5 Å². The normalized spacial score (nSPS) is 13.2. The second-order valence-corrected chi connectivity index (χ2v) is 13.0. The fraction of sp³-hybridized carbons (Fsp3) is 0.355. The van der Waals surface area contributed by atoms with E-state index in [4.69, 9.17) is 32.7 Å². The van der Waals surface area contributed by atoms with E-state index in [9.17, 15) is 18.0 Å². The minimum Gasteiger partial charge on any atom is -0.486 e. The monoisotopic (exact) mass is 647 g/mol. The second-order valence-electron chi connectivity index (χ2n) is 9.99. The number of carbonyl (C=O) groups excluding carboxylic acids is 2. The number of hydrogen-bond donors (Lipinski definition) is 1. The Hall–Kier alpha value is -3.47. The lowest BCUT2D eigenvalue weighted by atomic mass is 10.0. The lowest BCUT2D eigenvalue weighted by molar-refractivity contribution is -0.140. The van der Waals surface area contributed by atoms with Gasteiger partial charge >= 0.3 is 0 Å². The van der Waals surface area contributed by atoms with Crippen LogP contribution in [0.2, 0.25) is 10.0 Å². The minimum absolute atomic E-state index is 0.0486. The van der Waals surface area contributed by atoms with Crippen LogP contribution in [0.25, 0.3) is 0 Å². The van der Waals surface area contributed by atoms with Crippen LogP contribution in [0.4, 0.5) is 5.69 Å². The van der Waals surface area contributed by atoms with Gasteiger partial charge in [-0.05, 0) is 48.7 Å². The SMILES string of the molecule is CCCNC(=O)C(Cc1ccccc1)N(Cc1ccc(Cl)cc1Cl)C(=O)CN(c1ccc2c(c1)OCCO2)S(=O)(=O)CC. The highest BCUT2D eigenvalue weighted by atomic mass is 35.5. The van der Waals surface area contributed by atoms with Crippen molar-refractivity contribution >= 4 is 50.7 Å². The highest BCUT2D eigenvalue weighted by molar-refractivity contribution is 7.92. The fourth-order valence-corrected chi connectivity index (χ4v) is 6.18. The summed E-state index contributed by atoms with van der Waals surface area (Å²) in [4.78, 5) is 29.3. The van der Waals surface area contributed by atoms with Crippen LogP contribution in [0, 0.1) is 0 Å². The lowest BCUT2D eigenvalue weighted by Gasteiger charge is -2.34. The molecule has 1 heterocycles. The highest BCUT2D eigenvalue weighted by Crippen LogP contribution is 2.35. The summed E-state index contributed by atoms with van der Waals surface area (Å²) in [6, 6.07) is 18.0. The van der Waals surface area contributed by atoms with Gasteiger partial charge in [0.15, 0.2) is 11.5 Å². The van der Waals surface area contributed by atoms with E-state index in [1.54, 1.807) is 36.4 Å². The first-order valence-electron chi connectivity index (χ1n) is 14.1. The maximum atomic E-state index is 14.3. The number of amides is 2. The van der Waals surface area contributed by atoms with Gasteiger partial charge in [-0.15, -0.1) is 0 Å². The van der Waals surface area contributed by atoms with Crippen molar-refractivity contribution in [1.82, 2.24) is 10.2 Å². The molecule has 0 bridgehead atoms. The van der Waals surface area contributed by atoms with Crippen molar-refractivity contribution in [2.24, 2.45) is 0 Å². The summed E-state index contributed by atoms with van der Waals surface area (Å²) in [5.74, 6) is -0.302. The molecule has 1 aliphatic rings. The molecule has 0 aromatic heterocycles. The van der Waals surface area contributed by atoms with E-state index in [1.165, 1.54) is 11.8 Å². The van der Waals surface area contributed by atoms with Gasteiger partial charge in [0.25, 0.3) is 0 Å². The summed E-state index contributed by atoms with van der Waals surface area (Å²) in [6.45, 7) is 3.96. The molecular formula is C31H35Cl2N3O6S. The zero-order chi connectivity index (χ0) is 31.0. The molecule has 3 aromatic rings. The number of ether oxygens (including phenoxy) is 2. The number of nitrogens with zero attached hydrogens (tertiary/aromatic N) is 2. The Morgan fingerprint density at radius 1 is 0.953 bits per heavy atom. The second kappa shape index (κ2) is 14.8. The van der Waals surface area contributed by atoms with Crippen LogP contribution in [0.15, 0.2) is 66.7 Å². The number of anilines is 1. The summed E-state index contributed by atoms with van der Waals surface area (Å²) in [6.07, 6.45) is 0.908. The number of fused-ring (bicyclic) bond motifs is 1. The van der Waals surface area contributed by atoms with Gasteiger partial charge < -0.3 is 19.7 Å². The Bertz CT molecular complexity index is 1540. The molecule has 1 N–H and O–H groups in total. The molecule has 2 amide bonds. The number of benzene rings is 3. The number of sulfonamides is 1. The first-order chi connectivity index (χ1) is 20.6. The molecule has 1 atom stereocenters. The number of hydrogen-bond acceptors (Lipinski definition) is 6. The Labute approximate surface area is 262 Å². The number of rotatable bonds is 13. The first-order valence-corrected chi connectivity index (χ1v) is 16.4. The molecule has 230 valence electrons. The predicted molar refractivity (Wildman–Crippen MR) is 168 cm³/mol. The molecule has 12 heteroatoms.